The Labute approximate surface area is 82.1 Å². The summed E-state index contributed by atoms with van der Waals surface area (Å²) in [6, 6.07) is 0.0330. The zero-order valence-corrected chi connectivity index (χ0v) is 8.13. The molecule has 0 aromatic rings. The highest BCUT2D eigenvalue weighted by Gasteiger charge is 2.32. The minimum absolute atomic E-state index is 0.0330. The fourth-order valence-corrected chi connectivity index (χ4v) is 2.06. The normalized spacial score (nSPS) is 24.4. The van der Waals surface area contributed by atoms with Gasteiger partial charge in [-0.3, -0.25) is 0 Å². The summed E-state index contributed by atoms with van der Waals surface area (Å²) in [4.78, 5) is 1.51. The molecule has 1 aliphatic heterocycles. The second-order valence-electron chi connectivity index (χ2n) is 3.87. The Morgan fingerprint density at radius 3 is 2.64 bits per heavy atom. The van der Waals surface area contributed by atoms with E-state index >= 15 is 0 Å². The monoisotopic (exact) mass is 210 g/mol. The fourth-order valence-electron chi connectivity index (χ4n) is 2.06. The van der Waals surface area contributed by atoms with E-state index in [1.54, 1.807) is 0 Å². The minimum Gasteiger partial charge on any atom is -0.448 e. The van der Waals surface area contributed by atoms with Crippen LogP contribution in [0.15, 0.2) is 0 Å². The largest absolute Gasteiger partial charge is 0.492 e. The van der Waals surface area contributed by atoms with Gasteiger partial charge in [0.15, 0.2) is 0 Å². The van der Waals surface area contributed by atoms with Gasteiger partial charge in [-0.25, -0.2) is 0 Å². The van der Waals surface area contributed by atoms with Crippen LogP contribution in [0.2, 0.25) is 0 Å². The van der Waals surface area contributed by atoms with Gasteiger partial charge >= 0.3 is 6.98 Å². The third kappa shape index (κ3) is 3.88. The van der Waals surface area contributed by atoms with Gasteiger partial charge in [-0.05, 0) is 38.7 Å². The molecule has 1 aliphatic rings. The Balaban J connectivity index is 2.35. The minimum atomic E-state index is -4.70. The van der Waals surface area contributed by atoms with Crippen LogP contribution in [0.3, 0.4) is 0 Å². The van der Waals surface area contributed by atoms with Crippen LogP contribution in [0.25, 0.3) is 0 Å². The van der Waals surface area contributed by atoms with E-state index in [0.717, 1.165) is 12.8 Å². The first-order valence-corrected chi connectivity index (χ1v) is 5.09. The summed E-state index contributed by atoms with van der Waals surface area (Å²) >= 11 is 0. The maximum Gasteiger partial charge on any atom is 0.492 e. The highest BCUT2D eigenvalue weighted by Crippen LogP contribution is 2.24. The quantitative estimate of drug-likeness (QED) is 0.696. The number of aliphatic hydroxyl groups is 1. The van der Waals surface area contributed by atoms with Crippen molar-refractivity contribution in [2.45, 2.75) is 31.7 Å². The van der Waals surface area contributed by atoms with E-state index in [9.17, 15) is 12.9 Å². The van der Waals surface area contributed by atoms with Gasteiger partial charge in [-0.2, -0.15) is 0 Å². The number of aliphatic hydroxyl groups excluding tert-OH is 1. The number of nitrogens with zero attached hydrogens (tertiary/aromatic N) is 1. The average molecular weight is 210 g/mol. The molecule has 1 N–H and O–H groups in total. The van der Waals surface area contributed by atoms with E-state index < -0.39 is 13.4 Å². The molecule has 1 rings (SSSR count). The highest BCUT2D eigenvalue weighted by atomic mass is 19.4. The predicted octanol–water partition coefficient (Wildman–Crippen LogP) is 1.61. The Morgan fingerprint density at radius 1 is 1.36 bits per heavy atom. The maximum absolute atomic E-state index is 12.2. The van der Waals surface area contributed by atoms with Crippen LogP contribution < -0.4 is 0 Å². The Morgan fingerprint density at radius 2 is 2.07 bits per heavy atom. The molecule has 0 bridgehead atoms. The molecule has 0 radical (unpaired) electrons. The molecule has 0 spiro atoms. The molecule has 1 heterocycles. The van der Waals surface area contributed by atoms with Crippen LogP contribution in [0.1, 0.15) is 25.7 Å². The van der Waals surface area contributed by atoms with Crippen LogP contribution >= 0.6 is 0 Å². The van der Waals surface area contributed by atoms with Gasteiger partial charge in [-0.15, -0.1) is 0 Å². The smallest absolute Gasteiger partial charge is 0.448 e. The lowest BCUT2D eigenvalue weighted by Crippen LogP contribution is -2.40. The van der Waals surface area contributed by atoms with Gasteiger partial charge in [0.05, 0.1) is 0 Å². The van der Waals surface area contributed by atoms with Crippen molar-refractivity contribution < 1.29 is 18.1 Å². The van der Waals surface area contributed by atoms with Crippen molar-refractivity contribution in [2.75, 3.05) is 19.6 Å². The maximum atomic E-state index is 12.2. The van der Waals surface area contributed by atoms with Gasteiger partial charge < -0.3 is 23.0 Å². The summed E-state index contributed by atoms with van der Waals surface area (Å²) in [5, 5.41) is 8.61. The van der Waals surface area contributed by atoms with E-state index in [2.05, 4.69) is 0 Å². The van der Waals surface area contributed by atoms with E-state index in [4.69, 9.17) is 5.11 Å². The lowest BCUT2D eigenvalue weighted by Gasteiger charge is -2.29. The SMILES string of the molecule is OCCCC1CCCN1C[B-](F)(F)F. The van der Waals surface area contributed by atoms with Crippen molar-refractivity contribution in [3.05, 3.63) is 0 Å². The molecule has 1 fully saturated rings. The molecular formula is C8H16BF3NO-. The molecule has 14 heavy (non-hydrogen) atoms. The summed E-state index contributed by atoms with van der Waals surface area (Å²) in [5.41, 5.74) is 0. The first-order valence-electron chi connectivity index (χ1n) is 5.09. The molecule has 0 aromatic carbocycles. The second kappa shape index (κ2) is 5.02. The molecule has 1 saturated heterocycles. The van der Waals surface area contributed by atoms with Crippen LogP contribution in [-0.4, -0.2) is 42.6 Å². The molecule has 2 nitrogen and oxygen atoms in total. The molecule has 84 valence electrons. The topological polar surface area (TPSA) is 23.5 Å². The Hall–Kier alpha value is -0.225. The third-order valence-corrected chi connectivity index (χ3v) is 2.64. The number of hydrogen-bond acceptors (Lipinski definition) is 2. The molecule has 1 atom stereocenters. The molecule has 0 aromatic heterocycles. The van der Waals surface area contributed by atoms with Crippen molar-refractivity contribution in [3.8, 4) is 0 Å². The van der Waals surface area contributed by atoms with Crippen LogP contribution in [0.4, 0.5) is 12.9 Å². The number of likely N-dealkylation sites (tertiary alicyclic amines) is 1. The van der Waals surface area contributed by atoms with Crippen molar-refractivity contribution in [2.24, 2.45) is 0 Å². The molecule has 1 unspecified atom stereocenters. The van der Waals surface area contributed by atoms with E-state index in [1.807, 2.05) is 0 Å². The molecular weight excluding hydrogens is 194 g/mol. The molecule has 0 saturated carbocycles. The van der Waals surface area contributed by atoms with Crippen molar-refractivity contribution in [1.82, 2.24) is 4.90 Å². The average Bonchev–Trinajstić information content (AvgIpc) is 2.45. The summed E-state index contributed by atoms with van der Waals surface area (Å²) in [6.45, 7) is -4.08. The zero-order valence-electron chi connectivity index (χ0n) is 8.13. The van der Waals surface area contributed by atoms with E-state index in [0.29, 0.717) is 19.4 Å². The number of halogens is 3. The lowest BCUT2D eigenvalue weighted by molar-refractivity contribution is 0.222. The molecule has 6 heteroatoms. The zero-order chi connectivity index (χ0) is 10.6. The fraction of sp³-hybridized carbons (Fsp3) is 1.00. The van der Waals surface area contributed by atoms with Crippen molar-refractivity contribution in [1.29, 1.82) is 0 Å². The Bertz CT molecular complexity index is 176. The molecule has 0 aliphatic carbocycles. The van der Waals surface area contributed by atoms with Gasteiger partial charge in [0.25, 0.3) is 0 Å². The molecule has 0 amide bonds. The standard InChI is InChI=1S/C8H16BF3NO/c10-9(11,12)7-13-5-1-3-8(13)4-2-6-14/h8,14H,1-7H2/q-1. The predicted molar refractivity (Wildman–Crippen MR) is 50.0 cm³/mol. The van der Waals surface area contributed by atoms with E-state index in [1.165, 1.54) is 4.90 Å². The number of rotatable bonds is 5. The van der Waals surface area contributed by atoms with Gasteiger partial charge in [0.1, 0.15) is 0 Å². The Kier molecular flexibility index (Phi) is 4.25. The number of hydrogen-bond donors (Lipinski definition) is 1. The first-order chi connectivity index (χ1) is 6.53. The first kappa shape index (κ1) is 11.8. The van der Waals surface area contributed by atoms with Gasteiger partial charge in [-0.1, -0.05) is 0 Å². The van der Waals surface area contributed by atoms with Crippen LogP contribution in [-0.2, 0) is 0 Å². The van der Waals surface area contributed by atoms with Crippen molar-refractivity contribution in [3.63, 3.8) is 0 Å². The van der Waals surface area contributed by atoms with Gasteiger partial charge in [0.2, 0.25) is 0 Å². The third-order valence-electron chi connectivity index (χ3n) is 2.64. The summed E-state index contributed by atoms with van der Waals surface area (Å²) in [7, 11) is 0. The summed E-state index contributed by atoms with van der Waals surface area (Å²) in [5.74, 6) is 0. The van der Waals surface area contributed by atoms with Crippen molar-refractivity contribution >= 4 is 6.98 Å². The summed E-state index contributed by atoms with van der Waals surface area (Å²) < 4.78 is 36.5. The van der Waals surface area contributed by atoms with E-state index in [-0.39, 0.29) is 12.6 Å². The second-order valence-corrected chi connectivity index (χ2v) is 3.87. The van der Waals surface area contributed by atoms with Gasteiger partial charge in [0, 0.05) is 12.6 Å². The van der Waals surface area contributed by atoms with Crippen LogP contribution in [0.5, 0.6) is 0 Å². The van der Waals surface area contributed by atoms with Crippen LogP contribution in [0, 0.1) is 0 Å². The highest BCUT2D eigenvalue weighted by molar-refractivity contribution is 6.58. The lowest BCUT2D eigenvalue weighted by atomic mass is 9.90. The summed E-state index contributed by atoms with van der Waals surface area (Å²) in [6.07, 6.45) is 2.24.